The summed E-state index contributed by atoms with van der Waals surface area (Å²) < 4.78 is 1.58. The van der Waals surface area contributed by atoms with Crippen LogP contribution in [0.2, 0.25) is 0 Å². The molecule has 2 N–H and O–H groups in total. The second-order valence-electron chi connectivity index (χ2n) is 3.67. The van der Waals surface area contributed by atoms with Gasteiger partial charge in [0.05, 0.1) is 0 Å². The zero-order chi connectivity index (χ0) is 12.3. The Labute approximate surface area is 99.2 Å². The number of anilines is 1. The van der Waals surface area contributed by atoms with E-state index in [9.17, 15) is 9.90 Å². The lowest BCUT2D eigenvalue weighted by Crippen LogP contribution is -2.37. The summed E-state index contributed by atoms with van der Waals surface area (Å²) >= 11 is 0. The Morgan fingerprint density at radius 2 is 1.88 bits per heavy atom. The molecule has 1 aromatic carbocycles. The van der Waals surface area contributed by atoms with Gasteiger partial charge in [0.1, 0.15) is 7.05 Å². The Bertz CT molecular complexity index is 518. The molecule has 0 radical (unpaired) electrons. The Morgan fingerprint density at radius 1 is 1.18 bits per heavy atom. The lowest BCUT2D eigenvalue weighted by atomic mass is 10.2. The molecule has 0 bridgehead atoms. The molecule has 2 rings (SSSR count). The molecule has 86 valence electrons. The second-order valence-corrected chi connectivity index (χ2v) is 3.67. The van der Waals surface area contributed by atoms with Crippen LogP contribution in [0.4, 0.5) is 5.69 Å². The zero-order valence-corrected chi connectivity index (χ0v) is 9.42. The minimum Gasteiger partial charge on any atom is -0.502 e. The van der Waals surface area contributed by atoms with Crippen molar-refractivity contribution in [2.45, 2.75) is 0 Å². The summed E-state index contributed by atoms with van der Waals surface area (Å²) in [5.41, 5.74) is 0.928. The number of carbonyl (C=O) groups excluding carboxylic acids is 1. The summed E-state index contributed by atoms with van der Waals surface area (Å²) in [7, 11) is 1.71. The fourth-order valence-corrected chi connectivity index (χ4v) is 1.59. The number of hydrogen-bond donors (Lipinski definition) is 2. The van der Waals surface area contributed by atoms with Crippen molar-refractivity contribution in [2.75, 3.05) is 5.32 Å². The number of para-hydroxylation sites is 1. The van der Waals surface area contributed by atoms with Crippen LogP contribution in [0.5, 0.6) is 5.75 Å². The highest BCUT2D eigenvalue weighted by atomic mass is 16.3. The average molecular weight is 229 g/mol. The van der Waals surface area contributed by atoms with Crippen molar-refractivity contribution in [1.29, 1.82) is 0 Å². The van der Waals surface area contributed by atoms with Crippen LogP contribution >= 0.6 is 0 Å². The van der Waals surface area contributed by atoms with Gasteiger partial charge in [0.2, 0.25) is 0 Å². The first-order chi connectivity index (χ1) is 8.18. The Kier molecular flexibility index (Phi) is 3.05. The predicted octanol–water partition coefficient (Wildman–Crippen LogP) is 1.47. The molecular formula is C13H13N2O2+. The standard InChI is InChI=1S/C13H12N2O2/c1-15-9-5-8-11(16)12(15)13(17)14-10-6-3-2-4-7-10/h2-9H,1H3,(H-,14,16,17)/p+1. The van der Waals surface area contributed by atoms with Crippen LogP contribution < -0.4 is 9.88 Å². The molecule has 0 fully saturated rings. The largest absolute Gasteiger partial charge is 0.502 e. The quantitative estimate of drug-likeness (QED) is 0.766. The molecule has 1 aromatic heterocycles. The monoisotopic (exact) mass is 229 g/mol. The molecule has 1 amide bonds. The third kappa shape index (κ3) is 2.42. The maximum absolute atomic E-state index is 12.0. The molecule has 17 heavy (non-hydrogen) atoms. The van der Waals surface area contributed by atoms with E-state index in [2.05, 4.69) is 5.32 Å². The molecule has 0 unspecified atom stereocenters. The van der Waals surface area contributed by atoms with Crippen molar-refractivity contribution >= 4 is 11.6 Å². The van der Waals surface area contributed by atoms with E-state index in [-0.39, 0.29) is 17.4 Å². The highest BCUT2D eigenvalue weighted by molar-refractivity contribution is 6.03. The summed E-state index contributed by atoms with van der Waals surface area (Å²) in [6, 6.07) is 12.3. The molecule has 0 saturated heterocycles. The first kappa shape index (κ1) is 11.1. The van der Waals surface area contributed by atoms with Gasteiger partial charge in [-0.05, 0) is 18.2 Å². The third-order valence-electron chi connectivity index (χ3n) is 2.41. The summed E-state index contributed by atoms with van der Waals surface area (Å²) in [4.78, 5) is 12.0. The van der Waals surface area contributed by atoms with Crippen molar-refractivity contribution in [2.24, 2.45) is 7.05 Å². The number of aryl methyl sites for hydroxylation is 1. The normalized spacial score (nSPS) is 9.94. The molecule has 0 atom stereocenters. The Balaban J connectivity index is 2.27. The summed E-state index contributed by atoms with van der Waals surface area (Å²) in [6.45, 7) is 0. The van der Waals surface area contributed by atoms with Crippen molar-refractivity contribution < 1.29 is 14.5 Å². The topological polar surface area (TPSA) is 53.2 Å². The van der Waals surface area contributed by atoms with Crippen LogP contribution in [-0.2, 0) is 7.05 Å². The number of carbonyl (C=O) groups is 1. The van der Waals surface area contributed by atoms with Crippen molar-refractivity contribution in [3.05, 3.63) is 54.4 Å². The van der Waals surface area contributed by atoms with Crippen LogP contribution in [0.3, 0.4) is 0 Å². The molecular weight excluding hydrogens is 216 g/mol. The number of benzene rings is 1. The summed E-state index contributed by atoms with van der Waals surface area (Å²) in [6.07, 6.45) is 1.71. The predicted molar refractivity (Wildman–Crippen MR) is 63.7 cm³/mol. The van der Waals surface area contributed by atoms with Gasteiger partial charge in [0.25, 0.3) is 0 Å². The van der Waals surface area contributed by atoms with Crippen molar-refractivity contribution in [3.63, 3.8) is 0 Å². The third-order valence-corrected chi connectivity index (χ3v) is 2.41. The Hall–Kier alpha value is -2.36. The first-order valence-corrected chi connectivity index (χ1v) is 5.22. The number of nitrogens with one attached hydrogen (secondary N) is 1. The molecule has 1 heterocycles. The fraction of sp³-hybridized carbons (Fsp3) is 0.0769. The number of aromatic hydroxyl groups is 1. The van der Waals surface area contributed by atoms with Crippen LogP contribution in [0.1, 0.15) is 10.5 Å². The van der Waals surface area contributed by atoms with Crippen LogP contribution in [0, 0.1) is 0 Å². The minimum absolute atomic E-state index is 0.0385. The highest BCUT2D eigenvalue weighted by Crippen LogP contribution is 2.13. The Morgan fingerprint density at radius 3 is 2.53 bits per heavy atom. The number of rotatable bonds is 2. The molecule has 0 aliphatic rings. The van der Waals surface area contributed by atoms with Gasteiger partial charge in [-0.2, -0.15) is 4.57 Å². The maximum atomic E-state index is 12.0. The number of amides is 1. The van der Waals surface area contributed by atoms with Crippen molar-refractivity contribution in [1.82, 2.24) is 0 Å². The van der Waals surface area contributed by atoms with Gasteiger partial charge in [-0.1, -0.05) is 18.2 Å². The summed E-state index contributed by atoms with van der Waals surface area (Å²) in [5.74, 6) is -0.375. The molecule has 4 heteroatoms. The van der Waals surface area contributed by atoms with E-state index >= 15 is 0 Å². The van der Waals surface area contributed by atoms with E-state index in [4.69, 9.17) is 0 Å². The van der Waals surface area contributed by atoms with E-state index in [1.165, 1.54) is 6.07 Å². The van der Waals surface area contributed by atoms with Crippen LogP contribution in [-0.4, -0.2) is 11.0 Å². The fourth-order valence-electron chi connectivity index (χ4n) is 1.59. The lowest BCUT2D eigenvalue weighted by Gasteiger charge is -2.04. The van der Waals surface area contributed by atoms with Gasteiger partial charge in [0.15, 0.2) is 11.9 Å². The van der Waals surface area contributed by atoms with E-state index in [0.717, 1.165) is 0 Å². The molecule has 0 spiro atoms. The first-order valence-electron chi connectivity index (χ1n) is 5.22. The molecule has 0 aliphatic carbocycles. The smallest absolute Gasteiger partial charge is 0.324 e. The summed E-state index contributed by atoms with van der Waals surface area (Å²) in [5, 5.41) is 12.4. The van der Waals surface area contributed by atoms with Gasteiger partial charge in [0, 0.05) is 11.8 Å². The van der Waals surface area contributed by atoms with E-state index in [0.29, 0.717) is 5.69 Å². The van der Waals surface area contributed by atoms with E-state index in [1.807, 2.05) is 18.2 Å². The number of nitrogens with zero attached hydrogens (tertiary/aromatic N) is 1. The molecule has 4 nitrogen and oxygen atoms in total. The second kappa shape index (κ2) is 4.65. The van der Waals surface area contributed by atoms with Crippen LogP contribution in [0.15, 0.2) is 48.7 Å². The molecule has 0 saturated carbocycles. The van der Waals surface area contributed by atoms with Gasteiger partial charge in [-0.3, -0.25) is 4.79 Å². The van der Waals surface area contributed by atoms with Gasteiger partial charge in [-0.25, -0.2) is 0 Å². The number of pyridine rings is 1. The lowest BCUT2D eigenvalue weighted by molar-refractivity contribution is -0.673. The average Bonchev–Trinajstić information content (AvgIpc) is 2.30. The van der Waals surface area contributed by atoms with E-state index in [1.54, 1.807) is 36.0 Å². The SMILES string of the molecule is C[n+]1cccc(O)c1C(=O)Nc1ccccc1. The van der Waals surface area contributed by atoms with Crippen LogP contribution in [0.25, 0.3) is 0 Å². The highest BCUT2D eigenvalue weighted by Gasteiger charge is 2.21. The molecule has 2 aromatic rings. The van der Waals surface area contributed by atoms with Gasteiger partial charge < -0.3 is 10.4 Å². The van der Waals surface area contributed by atoms with Crippen molar-refractivity contribution in [3.8, 4) is 5.75 Å². The number of aromatic nitrogens is 1. The maximum Gasteiger partial charge on any atom is 0.324 e. The minimum atomic E-state index is -0.336. The van der Waals surface area contributed by atoms with E-state index < -0.39 is 0 Å². The van der Waals surface area contributed by atoms with Gasteiger partial charge >= 0.3 is 11.6 Å². The molecule has 0 aliphatic heterocycles. The zero-order valence-electron chi connectivity index (χ0n) is 9.42. The number of hydrogen-bond acceptors (Lipinski definition) is 2. The van der Waals surface area contributed by atoms with Gasteiger partial charge in [-0.15, -0.1) is 0 Å².